The molecule has 1 amide bonds. The first kappa shape index (κ1) is 38.9. The van der Waals surface area contributed by atoms with Gasteiger partial charge in [-0.25, -0.2) is 4.79 Å². The summed E-state index contributed by atoms with van der Waals surface area (Å²) in [5.41, 5.74) is -2.16. The van der Waals surface area contributed by atoms with Crippen LogP contribution in [0.3, 0.4) is 0 Å². The number of hydrogen-bond acceptors (Lipinski definition) is 12. The van der Waals surface area contributed by atoms with E-state index >= 15 is 0 Å². The smallest absolute Gasteiger partial charge is 0.408 e. The average Bonchev–Trinajstić information content (AvgIpc) is 3.67. The van der Waals surface area contributed by atoms with E-state index in [9.17, 15) is 19.5 Å². The Morgan fingerprint density at radius 1 is 1.08 bits per heavy atom. The van der Waals surface area contributed by atoms with Crippen LogP contribution in [0.1, 0.15) is 80.6 Å². The van der Waals surface area contributed by atoms with Crippen LogP contribution in [0, 0.1) is 17.8 Å². The number of carbonyl (C=O) groups is 3. The number of amides is 1. The second kappa shape index (κ2) is 16.0. The molecule has 276 valence electrons. The molecule has 0 aliphatic carbocycles. The summed E-state index contributed by atoms with van der Waals surface area (Å²) >= 11 is 0. The molecule has 4 rings (SSSR count). The number of Topliss-reactive ketones (excluding diaryl/α,β-unsaturated/α-hetero) is 1. The summed E-state index contributed by atoms with van der Waals surface area (Å²) in [6, 6.07) is -0.939. The van der Waals surface area contributed by atoms with Gasteiger partial charge in [-0.2, -0.15) is 0 Å². The number of carbonyl (C=O) groups excluding carboxylic acids is 3. The Kier molecular flexibility index (Phi) is 13.0. The SMILES string of the molecule is CC[C@H]1OC(=O)C(C)C(=O)[C@H](C)[C@@H](OC2OC(CN3CCCC3)CC(N(C)C)C2O)[C@](C)(OC)C[C@@H](C)CN[C@H](C)[C@H]2NC(=O)O[C@@]21C. The van der Waals surface area contributed by atoms with E-state index in [4.69, 9.17) is 23.7 Å². The standard InChI is InChI=1S/C35H62N4O9/c1-11-26-35(7)29(37-33(43)48-35)23(5)36-18-20(2)17-34(6,44-10)30(21(3)27(40)22(4)31(42)46-26)47-32-28(41)25(38(8)9)16-24(45-32)19-39-14-12-13-15-39/h20-26,28-30,32,36,41H,11-19H2,1-10H3,(H,37,43)/t20-,21+,22?,23-,24?,25?,26-,28?,29-,30-,32?,34-,35-/m1/s1. The maximum atomic E-state index is 14.2. The van der Waals surface area contributed by atoms with Crippen molar-refractivity contribution in [3.05, 3.63) is 0 Å². The van der Waals surface area contributed by atoms with Crippen molar-refractivity contribution in [2.24, 2.45) is 17.8 Å². The summed E-state index contributed by atoms with van der Waals surface area (Å²) in [4.78, 5) is 44.8. The van der Waals surface area contributed by atoms with E-state index in [0.29, 0.717) is 25.8 Å². The molecule has 3 N–H and O–H groups in total. The highest BCUT2D eigenvalue weighted by Gasteiger charge is 2.55. The Balaban J connectivity index is 1.68. The van der Waals surface area contributed by atoms with Gasteiger partial charge in [-0.15, -0.1) is 0 Å². The number of aliphatic hydroxyl groups excluding tert-OH is 1. The lowest BCUT2D eigenvalue weighted by molar-refractivity contribution is -0.298. The van der Waals surface area contributed by atoms with Crippen molar-refractivity contribution in [2.45, 2.75) is 141 Å². The molecule has 0 spiro atoms. The zero-order valence-corrected chi connectivity index (χ0v) is 30.8. The van der Waals surface area contributed by atoms with Crippen molar-refractivity contribution < 1.29 is 43.2 Å². The van der Waals surface area contributed by atoms with Crippen LogP contribution in [0.25, 0.3) is 0 Å². The normalized spacial score (nSPS) is 44.0. The first-order valence-electron chi connectivity index (χ1n) is 17.9. The Bertz CT molecular complexity index is 1120. The van der Waals surface area contributed by atoms with Crippen molar-refractivity contribution in [1.82, 2.24) is 20.4 Å². The van der Waals surface area contributed by atoms with Crippen LogP contribution in [0.15, 0.2) is 0 Å². The number of likely N-dealkylation sites (N-methyl/N-ethyl adjacent to an activating group) is 1. The van der Waals surface area contributed by atoms with E-state index in [0.717, 1.165) is 32.5 Å². The lowest BCUT2D eigenvalue weighted by Gasteiger charge is -2.47. The molecular formula is C35H62N4O9. The average molecular weight is 683 g/mol. The lowest BCUT2D eigenvalue weighted by Crippen LogP contribution is -2.60. The van der Waals surface area contributed by atoms with Crippen molar-refractivity contribution in [2.75, 3.05) is 47.4 Å². The van der Waals surface area contributed by atoms with Crippen LogP contribution in [0.5, 0.6) is 0 Å². The maximum absolute atomic E-state index is 14.2. The molecule has 0 aromatic carbocycles. The number of esters is 1. The predicted octanol–water partition coefficient (Wildman–Crippen LogP) is 2.33. The van der Waals surface area contributed by atoms with Gasteiger partial charge in [-0.1, -0.05) is 20.8 Å². The van der Waals surface area contributed by atoms with Crippen molar-refractivity contribution >= 4 is 17.8 Å². The molecule has 48 heavy (non-hydrogen) atoms. The fraction of sp³-hybridized carbons (Fsp3) is 0.914. The second-order valence-corrected chi connectivity index (χ2v) is 15.4. The van der Waals surface area contributed by atoms with Gasteiger partial charge in [0.2, 0.25) is 0 Å². The van der Waals surface area contributed by atoms with Gasteiger partial charge in [0.05, 0.1) is 23.9 Å². The van der Waals surface area contributed by atoms with Gasteiger partial charge in [0.1, 0.15) is 18.1 Å². The Hall–Kier alpha value is -1.87. The molecule has 4 aliphatic rings. The fourth-order valence-electron chi connectivity index (χ4n) is 8.39. The number of fused-ring (bicyclic) bond motifs is 1. The fourth-order valence-corrected chi connectivity index (χ4v) is 8.39. The summed E-state index contributed by atoms with van der Waals surface area (Å²) in [6.07, 6.45) is -0.553. The van der Waals surface area contributed by atoms with Gasteiger partial charge in [-0.05, 0) is 99.4 Å². The summed E-state index contributed by atoms with van der Waals surface area (Å²) in [5.74, 6) is -3.00. The van der Waals surface area contributed by atoms with E-state index in [1.807, 2.05) is 39.8 Å². The highest BCUT2D eigenvalue weighted by molar-refractivity contribution is 6.00. The third-order valence-electron chi connectivity index (χ3n) is 11.4. The second-order valence-electron chi connectivity index (χ2n) is 15.4. The molecule has 4 fully saturated rings. The molecule has 0 bridgehead atoms. The van der Waals surface area contributed by atoms with Crippen LogP contribution in [0.4, 0.5) is 4.79 Å². The summed E-state index contributed by atoms with van der Waals surface area (Å²) < 4.78 is 31.3. The van der Waals surface area contributed by atoms with Crippen LogP contribution >= 0.6 is 0 Å². The van der Waals surface area contributed by atoms with Gasteiger partial charge in [0.25, 0.3) is 0 Å². The Morgan fingerprint density at radius 3 is 2.35 bits per heavy atom. The van der Waals surface area contributed by atoms with Crippen LogP contribution < -0.4 is 10.6 Å². The highest BCUT2D eigenvalue weighted by Crippen LogP contribution is 2.38. The molecule has 4 heterocycles. The minimum Gasteiger partial charge on any atom is -0.458 e. The number of cyclic esters (lactones) is 1. The van der Waals surface area contributed by atoms with E-state index in [1.54, 1.807) is 27.9 Å². The molecule has 13 heteroatoms. The number of hydrogen-bond donors (Lipinski definition) is 3. The zero-order valence-electron chi connectivity index (χ0n) is 30.8. The summed E-state index contributed by atoms with van der Waals surface area (Å²) in [7, 11) is 5.48. The zero-order chi connectivity index (χ0) is 35.6. The number of alkyl carbamates (subject to hydrolysis) is 1. The number of aliphatic hydroxyl groups is 1. The van der Waals surface area contributed by atoms with Gasteiger partial charge < -0.3 is 49.2 Å². The topological polar surface area (TPSA) is 148 Å². The monoisotopic (exact) mass is 682 g/mol. The van der Waals surface area contributed by atoms with E-state index in [2.05, 4.69) is 22.5 Å². The summed E-state index contributed by atoms with van der Waals surface area (Å²) in [5, 5.41) is 18.1. The van der Waals surface area contributed by atoms with Gasteiger partial charge in [0.15, 0.2) is 17.7 Å². The van der Waals surface area contributed by atoms with Gasteiger partial charge in [0, 0.05) is 31.7 Å². The predicted molar refractivity (Wildman–Crippen MR) is 179 cm³/mol. The first-order valence-corrected chi connectivity index (χ1v) is 17.9. The lowest BCUT2D eigenvalue weighted by atomic mass is 9.78. The van der Waals surface area contributed by atoms with Crippen LogP contribution in [0.2, 0.25) is 0 Å². The molecule has 0 aromatic rings. The number of ketones is 1. The van der Waals surface area contributed by atoms with Crippen LogP contribution in [-0.2, 0) is 33.3 Å². The quantitative estimate of drug-likeness (QED) is 0.268. The number of nitrogens with one attached hydrogen (secondary N) is 2. The van der Waals surface area contributed by atoms with Gasteiger partial charge >= 0.3 is 12.1 Å². The molecule has 13 atom stereocenters. The number of likely N-dealkylation sites (tertiary alicyclic amines) is 1. The number of ether oxygens (including phenoxy) is 5. The largest absolute Gasteiger partial charge is 0.458 e. The minimum atomic E-state index is -1.15. The number of methoxy groups -OCH3 is 1. The van der Waals surface area contributed by atoms with Crippen molar-refractivity contribution in [1.29, 1.82) is 0 Å². The highest BCUT2D eigenvalue weighted by atomic mass is 16.7. The van der Waals surface area contributed by atoms with E-state index in [1.165, 1.54) is 0 Å². The number of nitrogens with zero attached hydrogens (tertiary/aromatic N) is 2. The molecule has 4 saturated heterocycles. The van der Waals surface area contributed by atoms with E-state index < -0.39 is 65.7 Å². The molecular weight excluding hydrogens is 620 g/mol. The van der Waals surface area contributed by atoms with Crippen molar-refractivity contribution in [3.63, 3.8) is 0 Å². The third-order valence-corrected chi connectivity index (χ3v) is 11.4. The van der Waals surface area contributed by atoms with Gasteiger partial charge in [-0.3, -0.25) is 9.59 Å². The summed E-state index contributed by atoms with van der Waals surface area (Å²) in [6.45, 7) is 16.2. The molecule has 0 aromatic heterocycles. The van der Waals surface area contributed by atoms with Crippen LogP contribution in [-0.4, -0.2) is 140 Å². The molecule has 0 radical (unpaired) electrons. The minimum absolute atomic E-state index is 0.0344. The molecule has 0 saturated carbocycles. The maximum Gasteiger partial charge on any atom is 0.408 e. The van der Waals surface area contributed by atoms with Crippen molar-refractivity contribution in [3.8, 4) is 0 Å². The molecule has 13 nitrogen and oxygen atoms in total. The number of rotatable bonds is 7. The first-order chi connectivity index (χ1) is 22.5. The molecule has 5 unspecified atom stereocenters. The molecule has 4 aliphatic heterocycles. The third kappa shape index (κ3) is 8.35. The van der Waals surface area contributed by atoms with E-state index in [-0.39, 0.29) is 29.9 Å². The Morgan fingerprint density at radius 2 is 1.75 bits per heavy atom. The Labute approximate surface area is 287 Å².